The Labute approximate surface area is 125 Å². The van der Waals surface area contributed by atoms with Gasteiger partial charge >= 0.3 is 6.03 Å². The molecule has 0 radical (unpaired) electrons. The molecule has 3 rings (SSSR count). The Bertz CT molecular complexity index is 506. The fraction of sp³-hybridized carbons (Fsp3) is 0.562. The van der Waals surface area contributed by atoms with E-state index in [0.29, 0.717) is 6.04 Å². The molecule has 0 spiro atoms. The van der Waals surface area contributed by atoms with Gasteiger partial charge in [0, 0.05) is 19.1 Å². The maximum atomic E-state index is 12.0. The summed E-state index contributed by atoms with van der Waals surface area (Å²) in [7, 11) is 0. The normalized spacial score (nSPS) is 25.5. The molecule has 0 bridgehead atoms. The number of carbonyl (C=O) groups excluding carboxylic acids is 1. The van der Waals surface area contributed by atoms with Crippen molar-refractivity contribution in [1.29, 1.82) is 0 Å². The summed E-state index contributed by atoms with van der Waals surface area (Å²) in [6, 6.07) is 8.21. The van der Waals surface area contributed by atoms with Gasteiger partial charge in [0.05, 0.1) is 23.6 Å². The molecule has 5 heteroatoms. The molecule has 1 aromatic rings. The van der Waals surface area contributed by atoms with Crippen LogP contribution in [0.15, 0.2) is 24.3 Å². The molecule has 2 fully saturated rings. The highest BCUT2D eigenvalue weighted by Crippen LogP contribution is 2.28. The minimum atomic E-state index is -0.112. The second-order valence-corrected chi connectivity index (χ2v) is 6.05. The molecule has 114 valence electrons. The molecular weight excluding hydrogens is 266 g/mol. The first-order valence-corrected chi connectivity index (χ1v) is 7.69. The molecule has 1 aromatic carbocycles. The van der Waals surface area contributed by atoms with E-state index in [1.165, 1.54) is 0 Å². The Hall–Kier alpha value is -1.75. The highest BCUT2D eigenvalue weighted by molar-refractivity contribution is 5.93. The van der Waals surface area contributed by atoms with E-state index in [1.54, 1.807) is 0 Å². The van der Waals surface area contributed by atoms with Gasteiger partial charge in [-0.25, -0.2) is 4.79 Å². The van der Waals surface area contributed by atoms with Gasteiger partial charge in [0.25, 0.3) is 0 Å². The van der Waals surface area contributed by atoms with Gasteiger partial charge in [0.15, 0.2) is 0 Å². The van der Waals surface area contributed by atoms with E-state index in [4.69, 9.17) is 4.74 Å². The summed E-state index contributed by atoms with van der Waals surface area (Å²) in [6.07, 6.45) is 2.57. The molecule has 2 aliphatic rings. The smallest absolute Gasteiger partial charge is 0.319 e. The molecule has 1 heterocycles. The van der Waals surface area contributed by atoms with Crippen LogP contribution >= 0.6 is 0 Å². The zero-order chi connectivity index (χ0) is 14.8. The number of hydrogen-bond donors (Lipinski definition) is 2. The minimum absolute atomic E-state index is 0.112. The lowest BCUT2D eigenvalue weighted by Gasteiger charge is -2.37. The molecule has 1 saturated heterocycles. The summed E-state index contributed by atoms with van der Waals surface area (Å²) in [5, 5.41) is 5.93. The van der Waals surface area contributed by atoms with Crippen LogP contribution in [0.2, 0.25) is 0 Å². The standard InChI is InChI=1S/C16H23N3O2/c1-11-9-19(10-12(2)21-11)15-6-4-3-5-14(15)18-16(20)17-13-7-8-13/h3-6,11-13H,7-10H2,1-2H3,(H2,17,18,20). The number of benzene rings is 1. The van der Waals surface area contributed by atoms with Crippen LogP contribution in [-0.4, -0.2) is 37.4 Å². The average molecular weight is 289 g/mol. The summed E-state index contributed by atoms with van der Waals surface area (Å²) in [5.74, 6) is 0. The molecule has 1 saturated carbocycles. The van der Waals surface area contributed by atoms with Crippen LogP contribution in [0.5, 0.6) is 0 Å². The van der Waals surface area contributed by atoms with Crippen molar-refractivity contribution >= 4 is 17.4 Å². The first kappa shape index (κ1) is 14.2. The quantitative estimate of drug-likeness (QED) is 0.899. The molecule has 21 heavy (non-hydrogen) atoms. The molecular formula is C16H23N3O2. The number of carbonyl (C=O) groups is 1. The highest BCUT2D eigenvalue weighted by atomic mass is 16.5. The lowest BCUT2D eigenvalue weighted by molar-refractivity contribution is -0.00517. The van der Waals surface area contributed by atoms with Gasteiger partial charge in [-0.2, -0.15) is 0 Å². The number of anilines is 2. The minimum Gasteiger partial charge on any atom is -0.372 e. The van der Waals surface area contributed by atoms with E-state index in [1.807, 2.05) is 18.2 Å². The Morgan fingerprint density at radius 1 is 1.19 bits per heavy atom. The van der Waals surface area contributed by atoms with Gasteiger partial charge in [-0.15, -0.1) is 0 Å². The largest absolute Gasteiger partial charge is 0.372 e. The number of urea groups is 1. The van der Waals surface area contributed by atoms with Gasteiger partial charge in [-0.05, 0) is 38.8 Å². The molecule has 1 aliphatic heterocycles. The zero-order valence-electron chi connectivity index (χ0n) is 12.6. The topological polar surface area (TPSA) is 53.6 Å². The SMILES string of the molecule is CC1CN(c2ccccc2NC(=O)NC2CC2)CC(C)O1. The van der Waals surface area contributed by atoms with Crippen LogP contribution < -0.4 is 15.5 Å². The number of rotatable bonds is 3. The Balaban J connectivity index is 1.73. The number of nitrogens with zero attached hydrogens (tertiary/aromatic N) is 1. The lowest BCUT2D eigenvalue weighted by Crippen LogP contribution is -2.45. The Morgan fingerprint density at radius 3 is 2.52 bits per heavy atom. The maximum Gasteiger partial charge on any atom is 0.319 e. The van der Waals surface area contributed by atoms with Gasteiger partial charge in [-0.3, -0.25) is 0 Å². The van der Waals surface area contributed by atoms with Crippen LogP contribution in [0, 0.1) is 0 Å². The molecule has 2 amide bonds. The first-order valence-electron chi connectivity index (χ1n) is 7.69. The predicted octanol–water partition coefficient (Wildman–Crippen LogP) is 2.58. The molecule has 2 unspecified atom stereocenters. The Kier molecular flexibility index (Phi) is 4.01. The highest BCUT2D eigenvalue weighted by Gasteiger charge is 2.26. The summed E-state index contributed by atoms with van der Waals surface area (Å²) in [5.41, 5.74) is 1.92. The van der Waals surface area contributed by atoms with Crippen LogP contribution in [0.4, 0.5) is 16.2 Å². The third-order valence-corrected chi connectivity index (χ3v) is 3.83. The van der Waals surface area contributed by atoms with Crippen molar-refractivity contribution in [3.63, 3.8) is 0 Å². The molecule has 5 nitrogen and oxygen atoms in total. The number of para-hydroxylation sites is 2. The lowest BCUT2D eigenvalue weighted by atomic mass is 10.1. The third-order valence-electron chi connectivity index (χ3n) is 3.83. The van der Waals surface area contributed by atoms with Crippen molar-refractivity contribution in [2.75, 3.05) is 23.3 Å². The van der Waals surface area contributed by atoms with Crippen molar-refractivity contribution in [2.45, 2.75) is 44.9 Å². The Morgan fingerprint density at radius 2 is 1.86 bits per heavy atom. The second-order valence-electron chi connectivity index (χ2n) is 6.05. The molecule has 2 atom stereocenters. The van der Waals surface area contributed by atoms with Gasteiger partial charge < -0.3 is 20.3 Å². The summed E-state index contributed by atoms with van der Waals surface area (Å²) < 4.78 is 5.78. The van der Waals surface area contributed by atoms with Crippen molar-refractivity contribution in [2.24, 2.45) is 0 Å². The second kappa shape index (κ2) is 5.93. The van der Waals surface area contributed by atoms with E-state index < -0.39 is 0 Å². The van der Waals surface area contributed by atoms with Gasteiger partial charge in [0.1, 0.15) is 0 Å². The fourth-order valence-corrected chi connectivity index (χ4v) is 2.80. The van der Waals surface area contributed by atoms with Crippen molar-refractivity contribution in [1.82, 2.24) is 5.32 Å². The van der Waals surface area contributed by atoms with E-state index in [0.717, 1.165) is 37.3 Å². The fourth-order valence-electron chi connectivity index (χ4n) is 2.80. The first-order chi connectivity index (χ1) is 10.1. The van der Waals surface area contributed by atoms with E-state index in [2.05, 4.69) is 35.4 Å². The zero-order valence-corrected chi connectivity index (χ0v) is 12.6. The van der Waals surface area contributed by atoms with E-state index >= 15 is 0 Å². The number of ether oxygens (including phenoxy) is 1. The number of amides is 2. The van der Waals surface area contributed by atoms with E-state index in [9.17, 15) is 4.79 Å². The number of nitrogens with one attached hydrogen (secondary N) is 2. The van der Waals surface area contributed by atoms with Gasteiger partial charge in [0.2, 0.25) is 0 Å². The summed E-state index contributed by atoms with van der Waals surface area (Å²) in [6.45, 7) is 5.84. The van der Waals surface area contributed by atoms with Gasteiger partial charge in [-0.1, -0.05) is 12.1 Å². The van der Waals surface area contributed by atoms with E-state index in [-0.39, 0.29) is 18.2 Å². The molecule has 0 aromatic heterocycles. The van der Waals surface area contributed by atoms with Crippen LogP contribution in [-0.2, 0) is 4.74 Å². The number of morpholine rings is 1. The number of hydrogen-bond acceptors (Lipinski definition) is 3. The predicted molar refractivity (Wildman–Crippen MR) is 83.8 cm³/mol. The summed E-state index contributed by atoms with van der Waals surface area (Å²) >= 11 is 0. The average Bonchev–Trinajstić information content (AvgIpc) is 3.22. The van der Waals surface area contributed by atoms with Crippen molar-refractivity contribution in [3.8, 4) is 0 Å². The van der Waals surface area contributed by atoms with Crippen molar-refractivity contribution in [3.05, 3.63) is 24.3 Å². The van der Waals surface area contributed by atoms with Crippen molar-refractivity contribution < 1.29 is 9.53 Å². The monoisotopic (exact) mass is 289 g/mol. The molecule has 1 aliphatic carbocycles. The van der Waals surface area contributed by atoms with Crippen LogP contribution in [0.1, 0.15) is 26.7 Å². The maximum absolute atomic E-state index is 12.0. The third kappa shape index (κ3) is 3.67. The van der Waals surface area contributed by atoms with Crippen LogP contribution in [0.3, 0.4) is 0 Å². The van der Waals surface area contributed by atoms with Crippen LogP contribution in [0.25, 0.3) is 0 Å². The molecule has 2 N–H and O–H groups in total. The summed E-state index contributed by atoms with van der Waals surface area (Å²) in [4.78, 5) is 14.2.